The molecule has 0 saturated heterocycles. The first-order valence-electron chi connectivity index (χ1n) is 9.60. The van der Waals surface area contributed by atoms with Crippen molar-refractivity contribution >= 4 is 29.0 Å². The highest BCUT2D eigenvalue weighted by Gasteiger charge is 2.48. The molecule has 2 aromatic rings. The molecule has 0 spiro atoms. The van der Waals surface area contributed by atoms with Crippen LogP contribution in [0.3, 0.4) is 0 Å². The Kier molecular flexibility index (Phi) is 5.63. The van der Waals surface area contributed by atoms with Crippen molar-refractivity contribution in [3.05, 3.63) is 59.2 Å². The van der Waals surface area contributed by atoms with E-state index in [2.05, 4.69) is 24.5 Å². The molecular weight excluding hydrogens is 352 g/mol. The van der Waals surface area contributed by atoms with Crippen LogP contribution in [0.5, 0.6) is 0 Å². The third-order valence-corrected chi connectivity index (χ3v) is 5.20. The van der Waals surface area contributed by atoms with E-state index in [1.807, 2.05) is 25.1 Å². The number of ketones is 1. The molecular formula is C23H26N2O3. The van der Waals surface area contributed by atoms with Crippen LogP contribution in [0.4, 0.5) is 11.4 Å². The van der Waals surface area contributed by atoms with Crippen LogP contribution < -0.4 is 10.6 Å². The lowest BCUT2D eigenvalue weighted by molar-refractivity contribution is -0.122. The van der Waals surface area contributed by atoms with Crippen molar-refractivity contribution < 1.29 is 14.4 Å². The average Bonchev–Trinajstić information content (AvgIpc) is 3.44. The molecule has 1 aliphatic carbocycles. The molecule has 1 saturated carbocycles. The van der Waals surface area contributed by atoms with Gasteiger partial charge in [0.25, 0.3) is 0 Å². The number of hydrogen-bond donors (Lipinski definition) is 2. The number of carbonyl (C=O) groups excluding carboxylic acids is 3. The summed E-state index contributed by atoms with van der Waals surface area (Å²) in [5.41, 5.74) is 4.20. The van der Waals surface area contributed by atoms with Crippen LogP contribution in [0, 0.1) is 18.8 Å². The van der Waals surface area contributed by atoms with Gasteiger partial charge in [0, 0.05) is 16.9 Å². The highest BCUT2D eigenvalue weighted by atomic mass is 16.2. The highest BCUT2D eigenvalue weighted by molar-refractivity contribution is 6.04. The second-order valence-corrected chi connectivity index (χ2v) is 7.75. The Balaban J connectivity index is 1.61. The van der Waals surface area contributed by atoms with E-state index < -0.39 is 0 Å². The summed E-state index contributed by atoms with van der Waals surface area (Å²) in [5, 5.41) is 5.86. The molecule has 3 rings (SSSR count). The minimum atomic E-state index is -0.320. The SMILES string of the molecule is CC(=O)c1ccc(NC(=O)C2CC2C(=O)Nc2c(C)cccc2C(C)C)cc1. The van der Waals surface area contributed by atoms with Gasteiger partial charge in [-0.1, -0.05) is 32.0 Å². The van der Waals surface area contributed by atoms with Crippen LogP contribution in [0.15, 0.2) is 42.5 Å². The normalized spacial score (nSPS) is 17.9. The topological polar surface area (TPSA) is 75.3 Å². The molecule has 2 amide bonds. The maximum atomic E-state index is 12.7. The maximum absolute atomic E-state index is 12.7. The molecule has 5 heteroatoms. The molecule has 0 radical (unpaired) electrons. The van der Waals surface area contributed by atoms with Crippen molar-refractivity contribution in [2.24, 2.45) is 11.8 Å². The van der Waals surface area contributed by atoms with Gasteiger partial charge in [0.15, 0.2) is 5.78 Å². The predicted molar refractivity (Wildman–Crippen MR) is 111 cm³/mol. The van der Waals surface area contributed by atoms with Gasteiger partial charge >= 0.3 is 0 Å². The van der Waals surface area contributed by atoms with Gasteiger partial charge in [-0.25, -0.2) is 0 Å². The number of rotatable bonds is 6. The van der Waals surface area contributed by atoms with Crippen LogP contribution in [-0.4, -0.2) is 17.6 Å². The lowest BCUT2D eigenvalue weighted by atomic mass is 9.98. The molecule has 0 aromatic heterocycles. The van der Waals surface area contributed by atoms with Crippen molar-refractivity contribution in [3.63, 3.8) is 0 Å². The molecule has 5 nitrogen and oxygen atoms in total. The zero-order valence-electron chi connectivity index (χ0n) is 16.7. The van der Waals surface area contributed by atoms with Crippen LogP contribution in [0.25, 0.3) is 0 Å². The van der Waals surface area contributed by atoms with Crippen molar-refractivity contribution in [2.75, 3.05) is 10.6 Å². The minimum absolute atomic E-state index is 0.0197. The van der Waals surface area contributed by atoms with Gasteiger partial charge in [-0.15, -0.1) is 0 Å². The fourth-order valence-corrected chi connectivity index (χ4v) is 3.36. The summed E-state index contributed by atoms with van der Waals surface area (Å²) < 4.78 is 0. The zero-order valence-corrected chi connectivity index (χ0v) is 16.7. The number of aryl methyl sites for hydroxylation is 1. The van der Waals surface area contributed by atoms with Gasteiger partial charge in [0.1, 0.15) is 0 Å². The highest BCUT2D eigenvalue weighted by Crippen LogP contribution is 2.41. The minimum Gasteiger partial charge on any atom is -0.326 e. The van der Waals surface area contributed by atoms with Crippen molar-refractivity contribution in [3.8, 4) is 0 Å². The Bertz CT molecular complexity index is 916. The molecule has 146 valence electrons. The standard InChI is InChI=1S/C23H26N2O3/c1-13(2)18-7-5-6-14(3)21(18)25-23(28)20-12-19(20)22(27)24-17-10-8-16(9-11-17)15(4)26/h5-11,13,19-20H,12H2,1-4H3,(H,24,27)(H,25,28). The Morgan fingerprint density at radius 1 is 0.929 bits per heavy atom. The summed E-state index contributed by atoms with van der Waals surface area (Å²) in [6.07, 6.45) is 0.548. The molecule has 2 aromatic carbocycles. The molecule has 2 unspecified atom stereocenters. The van der Waals surface area contributed by atoms with E-state index in [4.69, 9.17) is 0 Å². The Morgan fingerprint density at radius 3 is 2.11 bits per heavy atom. The van der Waals surface area contributed by atoms with Crippen molar-refractivity contribution in [1.82, 2.24) is 0 Å². The van der Waals surface area contributed by atoms with Gasteiger partial charge in [0.2, 0.25) is 11.8 Å². The number of Topliss-reactive ketones (excluding diaryl/α,β-unsaturated/α-hetero) is 1. The third-order valence-electron chi connectivity index (χ3n) is 5.20. The molecule has 1 aliphatic rings. The van der Waals surface area contributed by atoms with Gasteiger partial charge in [0.05, 0.1) is 11.8 Å². The maximum Gasteiger partial charge on any atom is 0.228 e. The summed E-state index contributed by atoms with van der Waals surface area (Å²) in [6, 6.07) is 12.8. The van der Waals surface area contributed by atoms with E-state index in [9.17, 15) is 14.4 Å². The molecule has 28 heavy (non-hydrogen) atoms. The van der Waals surface area contributed by atoms with Crippen molar-refractivity contribution in [1.29, 1.82) is 0 Å². The fraction of sp³-hybridized carbons (Fsp3) is 0.348. The summed E-state index contributed by atoms with van der Waals surface area (Å²) in [4.78, 5) is 36.4. The quantitative estimate of drug-likeness (QED) is 0.725. The average molecular weight is 378 g/mol. The van der Waals surface area contributed by atoms with Crippen LogP contribution in [0.1, 0.15) is 54.6 Å². The van der Waals surface area contributed by atoms with E-state index in [1.54, 1.807) is 24.3 Å². The predicted octanol–water partition coefficient (Wildman–Crippen LogP) is 4.53. The second kappa shape index (κ2) is 7.97. The Labute approximate surface area is 165 Å². The van der Waals surface area contributed by atoms with Crippen molar-refractivity contribution in [2.45, 2.75) is 40.0 Å². The molecule has 2 N–H and O–H groups in total. The van der Waals surface area contributed by atoms with Gasteiger partial charge in [-0.05, 0) is 61.6 Å². The van der Waals surface area contributed by atoms with E-state index >= 15 is 0 Å². The molecule has 2 atom stereocenters. The number of hydrogen-bond acceptors (Lipinski definition) is 3. The number of benzene rings is 2. The largest absolute Gasteiger partial charge is 0.326 e. The Morgan fingerprint density at radius 2 is 1.54 bits per heavy atom. The lowest BCUT2D eigenvalue weighted by Gasteiger charge is -2.16. The first-order valence-corrected chi connectivity index (χ1v) is 9.60. The summed E-state index contributed by atoms with van der Waals surface area (Å²) in [7, 11) is 0. The van der Waals surface area contributed by atoms with E-state index in [-0.39, 0.29) is 29.4 Å². The summed E-state index contributed by atoms with van der Waals surface area (Å²) >= 11 is 0. The van der Waals surface area contributed by atoms with Gasteiger partial charge in [-0.2, -0.15) is 0 Å². The Hall–Kier alpha value is -2.95. The number of carbonyl (C=O) groups is 3. The first-order chi connectivity index (χ1) is 13.3. The molecule has 0 heterocycles. The number of amides is 2. The molecule has 1 fully saturated rings. The van der Waals surface area contributed by atoms with Gasteiger partial charge in [-0.3, -0.25) is 14.4 Å². The van der Waals surface area contributed by atoms with Gasteiger partial charge < -0.3 is 10.6 Å². The van der Waals surface area contributed by atoms with E-state index in [0.717, 1.165) is 16.8 Å². The fourth-order valence-electron chi connectivity index (χ4n) is 3.36. The number of para-hydroxylation sites is 1. The molecule has 0 bridgehead atoms. The van der Waals surface area contributed by atoms with Crippen LogP contribution in [0.2, 0.25) is 0 Å². The zero-order chi connectivity index (χ0) is 20.4. The van der Waals surface area contributed by atoms with Crippen LogP contribution >= 0.6 is 0 Å². The third kappa shape index (κ3) is 4.30. The number of anilines is 2. The first kappa shape index (κ1) is 19.8. The molecule has 0 aliphatic heterocycles. The van der Waals surface area contributed by atoms with E-state index in [0.29, 0.717) is 23.6 Å². The van der Waals surface area contributed by atoms with Crippen LogP contribution in [-0.2, 0) is 9.59 Å². The monoisotopic (exact) mass is 378 g/mol. The smallest absolute Gasteiger partial charge is 0.228 e. The summed E-state index contributed by atoms with van der Waals surface area (Å²) in [6.45, 7) is 7.66. The number of nitrogens with one attached hydrogen (secondary N) is 2. The summed E-state index contributed by atoms with van der Waals surface area (Å²) in [5.74, 6) is -0.622. The lowest BCUT2D eigenvalue weighted by Crippen LogP contribution is -2.21. The second-order valence-electron chi connectivity index (χ2n) is 7.75. The van der Waals surface area contributed by atoms with E-state index in [1.165, 1.54) is 6.92 Å².